The van der Waals surface area contributed by atoms with Crippen molar-refractivity contribution in [3.8, 4) is 5.75 Å². The fourth-order valence-electron chi connectivity index (χ4n) is 4.14. The van der Waals surface area contributed by atoms with Gasteiger partial charge in [0, 0.05) is 19.2 Å². The molecule has 0 bridgehead atoms. The van der Waals surface area contributed by atoms with E-state index in [9.17, 15) is 18.0 Å². The zero-order valence-corrected chi connectivity index (χ0v) is 18.6. The van der Waals surface area contributed by atoms with Crippen LogP contribution in [0, 0.1) is 6.92 Å². The van der Waals surface area contributed by atoms with E-state index in [1.54, 1.807) is 11.6 Å². The smallest absolute Gasteiger partial charge is 0.409 e. The van der Waals surface area contributed by atoms with Gasteiger partial charge in [0.2, 0.25) is 5.91 Å². The van der Waals surface area contributed by atoms with Crippen molar-refractivity contribution in [3.63, 3.8) is 0 Å². The first-order chi connectivity index (χ1) is 15.2. The van der Waals surface area contributed by atoms with Crippen molar-refractivity contribution >= 4 is 33.4 Å². The molecule has 2 aromatic rings. The van der Waals surface area contributed by atoms with Gasteiger partial charge in [0.05, 0.1) is 30.2 Å². The van der Waals surface area contributed by atoms with Crippen LogP contribution in [0.25, 0.3) is 0 Å². The number of fused-ring (bicyclic) bond motifs is 2. The molecule has 0 radical (unpaired) electrons. The molecule has 2 aliphatic rings. The lowest BCUT2D eigenvalue weighted by Gasteiger charge is -2.36. The average Bonchev–Trinajstić information content (AvgIpc) is 3.07. The van der Waals surface area contributed by atoms with Crippen LogP contribution < -0.4 is 19.7 Å². The van der Waals surface area contributed by atoms with Crippen LogP contribution in [-0.2, 0) is 27.8 Å². The lowest BCUT2D eigenvalue weighted by Crippen LogP contribution is -2.48. The predicted octanol–water partition coefficient (Wildman–Crippen LogP) is 1.71. The van der Waals surface area contributed by atoms with Gasteiger partial charge in [0.1, 0.15) is 16.7 Å². The van der Waals surface area contributed by atoms with E-state index in [0.29, 0.717) is 24.4 Å². The summed E-state index contributed by atoms with van der Waals surface area (Å²) in [6.07, 6.45) is 0.553. The van der Waals surface area contributed by atoms with Gasteiger partial charge < -0.3 is 15.2 Å². The fraction of sp³-hybridized carbons (Fsp3) is 0.450. The molecule has 3 heterocycles. The molecular weight excluding hydrogens is 438 g/mol. The van der Waals surface area contributed by atoms with Crippen LogP contribution in [0.1, 0.15) is 31.2 Å². The van der Waals surface area contributed by atoms with E-state index >= 15 is 0 Å². The molecule has 12 heteroatoms. The van der Waals surface area contributed by atoms with Crippen LogP contribution in [0.2, 0.25) is 0 Å². The van der Waals surface area contributed by atoms with E-state index in [2.05, 4.69) is 15.7 Å². The molecule has 3 N–H and O–H groups in total. The lowest BCUT2D eigenvalue weighted by atomic mass is 10.1. The number of carboxylic acid groups (broad SMARTS) is 1. The third-order valence-corrected chi connectivity index (χ3v) is 7.45. The van der Waals surface area contributed by atoms with Gasteiger partial charge in [-0.25, -0.2) is 13.2 Å². The second kappa shape index (κ2) is 8.34. The summed E-state index contributed by atoms with van der Waals surface area (Å²) in [4.78, 5) is 22.6. The summed E-state index contributed by atoms with van der Waals surface area (Å²) in [6, 6.07) is 4.44. The van der Waals surface area contributed by atoms with Crippen LogP contribution in [0.3, 0.4) is 0 Å². The van der Waals surface area contributed by atoms with Gasteiger partial charge in [-0.1, -0.05) is 0 Å². The van der Waals surface area contributed by atoms with Crippen LogP contribution in [0.15, 0.2) is 23.1 Å². The van der Waals surface area contributed by atoms with E-state index in [1.807, 2.05) is 0 Å². The topological polar surface area (TPSA) is 143 Å². The first-order valence-electron chi connectivity index (χ1n) is 10.3. The van der Waals surface area contributed by atoms with Crippen molar-refractivity contribution in [2.45, 2.75) is 50.7 Å². The number of hydrogen-bond donors (Lipinski definition) is 3. The largest absolute Gasteiger partial charge is 0.484 e. The summed E-state index contributed by atoms with van der Waals surface area (Å²) >= 11 is 0. The number of nitrogens with zero attached hydrogens (tertiary/aromatic N) is 3. The molecule has 0 aliphatic carbocycles. The van der Waals surface area contributed by atoms with Gasteiger partial charge in [-0.15, -0.1) is 0 Å². The molecule has 0 saturated carbocycles. The Morgan fingerprint density at radius 2 is 2.09 bits per heavy atom. The standard InChI is InChI=1S/C20H25N5O6S/c1-12-19(16-5-3-4-8-24(16)23-12)32(29,30)25-11-15(10-21-13(2)26)31-18-7-6-14(9-17(18)25)22-20(27)28/h6-7,9,15,22H,3-5,8,10-11H2,1-2H3,(H,21,26)(H,27,28). The van der Waals surface area contributed by atoms with E-state index < -0.39 is 22.2 Å². The molecule has 1 atom stereocenters. The Morgan fingerprint density at radius 3 is 2.81 bits per heavy atom. The SMILES string of the molecule is CC(=O)NCC1CN(S(=O)(=O)c2c(C)nn3c2CCCC3)c2cc(NC(=O)O)ccc2O1. The first-order valence-corrected chi connectivity index (χ1v) is 11.7. The maximum absolute atomic E-state index is 13.9. The molecule has 1 unspecified atom stereocenters. The number of anilines is 2. The molecule has 1 aromatic heterocycles. The number of amides is 2. The highest BCUT2D eigenvalue weighted by molar-refractivity contribution is 7.93. The minimum atomic E-state index is -4.04. The minimum Gasteiger partial charge on any atom is -0.484 e. The van der Waals surface area contributed by atoms with Crippen molar-refractivity contribution in [3.05, 3.63) is 29.6 Å². The summed E-state index contributed by atoms with van der Waals surface area (Å²) in [7, 11) is -4.04. The number of aryl methyl sites for hydroxylation is 2. The van der Waals surface area contributed by atoms with E-state index in [-0.39, 0.29) is 41.0 Å². The van der Waals surface area contributed by atoms with Crippen LogP contribution in [0.4, 0.5) is 16.2 Å². The Balaban J connectivity index is 1.79. The summed E-state index contributed by atoms with van der Waals surface area (Å²) in [5, 5.41) is 18.4. The van der Waals surface area contributed by atoms with Gasteiger partial charge in [0.25, 0.3) is 10.0 Å². The van der Waals surface area contributed by atoms with Crippen LogP contribution in [-0.4, -0.2) is 54.5 Å². The Morgan fingerprint density at radius 1 is 1.31 bits per heavy atom. The number of hydrogen-bond acceptors (Lipinski definition) is 6. The molecule has 172 valence electrons. The number of carbonyl (C=O) groups is 2. The monoisotopic (exact) mass is 463 g/mol. The van der Waals surface area contributed by atoms with E-state index in [1.165, 1.54) is 29.4 Å². The second-order valence-electron chi connectivity index (χ2n) is 7.87. The van der Waals surface area contributed by atoms with Crippen molar-refractivity contribution in [2.24, 2.45) is 0 Å². The number of aromatic nitrogens is 2. The average molecular weight is 464 g/mol. The van der Waals surface area contributed by atoms with Gasteiger partial charge >= 0.3 is 6.09 Å². The number of ether oxygens (including phenoxy) is 1. The summed E-state index contributed by atoms with van der Waals surface area (Å²) in [5.41, 5.74) is 1.55. The van der Waals surface area contributed by atoms with E-state index in [4.69, 9.17) is 9.84 Å². The first kappa shape index (κ1) is 21.9. The van der Waals surface area contributed by atoms with Crippen molar-refractivity contribution in [1.29, 1.82) is 0 Å². The summed E-state index contributed by atoms with van der Waals surface area (Å²) in [5.74, 6) is 0.0289. The number of benzene rings is 1. The predicted molar refractivity (Wildman–Crippen MR) is 116 cm³/mol. The number of sulfonamides is 1. The molecule has 32 heavy (non-hydrogen) atoms. The Labute approximate surface area is 185 Å². The van der Waals surface area contributed by atoms with Crippen molar-refractivity contribution in [2.75, 3.05) is 22.7 Å². The molecule has 1 aromatic carbocycles. The zero-order valence-electron chi connectivity index (χ0n) is 17.8. The lowest BCUT2D eigenvalue weighted by molar-refractivity contribution is -0.119. The molecular formula is C20H25N5O6S. The van der Waals surface area contributed by atoms with Crippen molar-refractivity contribution < 1.29 is 27.9 Å². The highest BCUT2D eigenvalue weighted by atomic mass is 32.2. The fourth-order valence-corrected chi connectivity index (χ4v) is 6.05. The van der Waals surface area contributed by atoms with Crippen LogP contribution >= 0.6 is 0 Å². The maximum atomic E-state index is 13.9. The van der Waals surface area contributed by atoms with E-state index in [0.717, 1.165) is 12.8 Å². The van der Waals surface area contributed by atoms with Crippen molar-refractivity contribution in [1.82, 2.24) is 15.1 Å². The number of nitrogens with one attached hydrogen (secondary N) is 2. The molecule has 0 fully saturated rings. The Bertz CT molecular complexity index is 1180. The molecule has 2 aliphatic heterocycles. The molecule has 2 amide bonds. The summed E-state index contributed by atoms with van der Waals surface area (Å²) < 4.78 is 36.7. The highest BCUT2D eigenvalue weighted by Crippen LogP contribution is 2.40. The number of carbonyl (C=O) groups excluding carboxylic acids is 1. The molecule has 0 saturated heterocycles. The zero-order chi connectivity index (χ0) is 23.0. The number of rotatable bonds is 5. The Kier molecular flexibility index (Phi) is 5.71. The van der Waals surface area contributed by atoms with Gasteiger partial charge in [-0.2, -0.15) is 5.10 Å². The van der Waals surface area contributed by atoms with Crippen LogP contribution in [0.5, 0.6) is 5.75 Å². The highest BCUT2D eigenvalue weighted by Gasteiger charge is 2.39. The quantitative estimate of drug-likeness (QED) is 0.612. The maximum Gasteiger partial charge on any atom is 0.409 e. The third kappa shape index (κ3) is 4.09. The molecule has 4 rings (SSSR count). The summed E-state index contributed by atoms with van der Waals surface area (Å²) in [6.45, 7) is 3.80. The second-order valence-corrected chi connectivity index (χ2v) is 9.67. The third-order valence-electron chi connectivity index (χ3n) is 5.48. The molecule has 0 spiro atoms. The Hall–Kier alpha value is -3.28. The van der Waals surface area contributed by atoms with Gasteiger partial charge in [-0.3, -0.25) is 19.1 Å². The molecule has 11 nitrogen and oxygen atoms in total. The minimum absolute atomic E-state index is 0.0454. The van der Waals surface area contributed by atoms with Gasteiger partial charge in [0.15, 0.2) is 0 Å². The normalized spacial score (nSPS) is 17.7. The van der Waals surface area contributed by atoms with Gasteiger partial charge in [-0.05, 0) is 44.4 Å².